The predicted molar refractivity (Wildman–Crippen MR) is 106 cm³/mol. The van der Waals surface area contributed by atoms with Crippen molar-refractivity contribution in [2.75, 3.05) is 19.7 Å². The molecule has 142 valence electrons. The van der Waals surface area contributed by atoms with E-state index in [4.69, 9.17) is 0 Å². The maximum absolute atomic E-state index is 12.9. The van der Waals surface area contributed by atoms with Gasteiger partial charge in [0.15, 0.2) is 0 Å². The molecule has 2 aromatic rings. The van der Waals surface area contributed by atoms with Crippen LogP contribution in [0.5, 0.6) is 0 Å². The van der Waals surface area contributed by atoms with Gasteiger partial charge >= 0.3 is 0 Å². The van der Waals surface area contributed by atoms with Gasteiger partial charge in [-0.1, -0.05) is 50.2 Å². The zero-order valence-corrected chi connectivity index (χ0v) is 15.8. The van der Waals surface area contributed by atoms with E-state index in [2.05, 4.69) is 31.3 Å². The number of piperazine rings is 1. The molecule has 0 spiro atoms. The van der Waals surface area contributed by atoms with E-state index in [1.165, 1.54) is 11.1 Å². The van der Waals surface area contributed by atoms with Gasteiger partial charge in [-0.15, -0.1) is 0 Å². The Balaban J connectivity index is 1.85. The topological polar surface area (TPSA) is 69.6 Å². The second-order valence-corrected chi connectivity index (χ2v) is 7.14. The lowest BCUT2D eigenvalue weighted by molar-refractivity contribution is -0.128. The summed E-state index contributed by atoms with van der Waals surface area (Å²) in [7, 11) is 0. The van der Waals surface area contributed by atoms with Crippen LogP contribution in [-0.4, -0.2) is 47.6 Å². The van der Waals surface area contributed by atoms with Crippen molar-refractivity contribution in [1.29, 1.82) is 0 Å². The first-order valence-corrected chi connectivity index (χ1v) is 9.42. The van der Waals surface area contributed by atoms with Crippen molar-refractivity contribution in [2.45, 2.75) is 32.2 Å². The van der Waals surface area contributed by atoms with E-state index in [1.807, 2.05) is 36.4 Å². The van der Waals surface area contributed by atoms with Crippen molar-refractivity contribution in [1.82, 2.24) is 10.2 Å². The number of rotatable bonds is 5. The summed E-state index contributed by atoms with van der Waals surface area (Å²) in [6.07, 6.45) is 0.247. The van der Waals surface area contributed by atoms with Gasteiger partial charge in [-0.25, -0.2) is 0 Å². The summed E-state index contributed by atoms with van der Waals surface area (Å²) in [5.41, 5.74) is 4.06. The van der Waals surface area contributed by atoms with Crippen molar-refractivity contribution in [3.8, 4) is 11.1 Å². The number of carbonyl (C=O) groups is 2. The predicted octanol–water partition coefficient (Wildman–Crippen LogP) is 2.80. The fourth-order valence-electron chi connectivity index (χ4n) is 3.59. The Morgan fingerprint density at radius 3 is 2.56 bits per heavy atom. The van der Waals surface area contributed by atoms with E-state index in [0.29, 0.717) is 24.6 Å². The SMILES string of the molecule is CC(C)c1ccccc1-c1ccc(C(=O)N2CCNC(=O)[C@@H]2CCO)cc1. The monoisotopic (exact) mass is 366 g/mol. The van der Waals surface area contributed by atoms with Crippen LogP contribution in [0, 0.1) is 0 Å². The van der Waals surface area contributed by atoms with Crippen molar-refractivity contribution in [3.63, 3.8) is 0 Å². The largest absolute Gasteiger partial charge is 0.396 e. The van der Waals surface area contributed by atoms with E-state index >= 15 is 0 Å². The summed E-state index contributed by atoms with van der Waals surface area (Å²) < 4.78 is 0. The molecule has 5 heteroatoms. The molecular weight excluding hydrogens is 340 g/mol. The fraction of sp³-hybridized carbons (Fsp3) is 0.364. The van der Waals surface area contributed by atoms with E-state index in [9.17, 15) is 14.7 Å². The van der Waals surface area contributed by atoms with Gasteiger partial charge in [-0.3, -0.25) is 9.59 Å². The van der Waals surface area contributed by atoms with Crippen LogP contribution in [0.3, 0.4) is 0 Å². The highest BCUT2D eigenvalue weighted by Gasteiger charge is 2.32. The van der Waals surface area contributed by atoms with E-state index < -0.39 is 6.04 Å². The standard InChI is InChI=1S/C22H26N2O3/c1-15(2)18-5-3-4-6-19(18)16-7-9-17(10-8-16)22(27)24-13-12-23-21(26)20(24)11-14-25/h3-10,15,20,25H,11-14H2,1-2H3,(H,23,26)/t20-/m0/s1. The highest BCUT2D eigenvalue weighted by molar-refractivity contribution is 5.98. The summed E-state index contributed by atoms with van der Waals surface area (Å²) in [5.74, 6) is 0.0340. The van der Waals surface area contributed by atoms with Gasteiger partial charge in [0.2, 0.25) is 5.91 Å². The Bertz CT molecular complexity index is 815. The lowest BCUT2D eigenvalue weighted by Crippen LogP contribution is -2.57. The molecule has 0 saturated carbocycles. The number of nitrogens with one attached hydrogen (secondary N) is 1. The van der Waals surface area contributed by atoms with Crippen molar-refractivity contribution >= 4 is 11.8 Å². The van der Waals surface area contributed by atoms with E-state index in [1.54, 1.807) is 4.90 Å². The summed E-state index contributed by atoms with van der Waals surface area (Å²) in [6.45, 7) is 5.09. The Kier molecular flexibility index (Phi) is 5.91. The third-order valence-corrected chi connectivity index (χ3v) is 5.02. The third kappa shape index (κ3) is 4.03. The van der Waals surface area contributed by atoms with Crippen LogP contribution in [0.15, 0.2) is 48.5 Å². The van der Waals surface area contributed by atoms with Crippen LogP contribution in [0.25, 0.3) is 11.1 Å². The van der Waals surface area contributed by atoms with Gasteiger partial charge in [-0.2, -0.15) is 0 Å². The summed E-state index contributed by atoms with van der Waals surface area (Å²) in [4.78, 5) is 26.5. The summed E-state index contributed by atoms with van der Waals surface area (Å²) in [6, 6.07) is 15.2. The zero-order chi connectivity index (χ0) is 19.4. The first kappa shape index (κ1) is 19.1. The lowest BCUT2D eigenvalue weighted by Gasteiger charge is -2.34. The van der Waals surface area contributed by atoms with Gasteiger partial charge in [0, 0.05) is 25.3 Å². The van der Waals surface area contributed by atoms with Gasteiger partial charge in [0.1, 0.15) is 6.04 Å². The Labute approximate surface area is 160 Å². The second kappa shape index (κ2) is 8.35. The van der Waals surface area contributed by atoms with Crippen molar-refractivity contribution in [3.05, 3.63) is 59.7 Å². The third-order valence-electron chi connectivity index (χ3n) is 5.02. The number of aliphatic hydroxyl groups is 1. The zero-order valence-electron chi connectivity index (χ0n) is 15.8. The fourth-order valence-corrected chi connectivity index (χ4v) is 3.59. The first-order valence-electron chi connectivity index (χ1n) is 9.42. The molecule has 0 unspecified atom stereocenters. The van der Waals surface area contributed by atoms with Gasteiger partial charge < -0.3 is 15.3 Å². The number of hydrogen-bond donors (Lipinski definition) is 2. The van der Waals surface area contributed by atoms with Crippen LogP contribution in [0.1, 0.15) is 42.1 Å². The van der Waals surface area contributed by atoms with Crippen LogP contribution in [0.2, 0.25) is 0 Å². The number of carbonyl (C=O) groups excluding carboxylic acids is 2. The molecular formula is C22H26N2O3. The Morgan fingerprint density at radius 2 is 1.89 bits per heavy atom. The molecule has 0 radical (unpaired) electrons. The lowest BCUT2D eigenvalue weighted by atomic mass is 9.92. The molecule has 3 rings (SSSR count). The molecule has 1 aliphatic rings. The number of benzene rings is 2. The average Bonchev–Trinajstić information content (AvgIpc) is 2.69. The van der Waals surface area contributed by atoms with Gasteiger partial charge in [0.05, 0.1) is 0 Å². The van der Waals surface area contributed by atoms with Crippen LogP contribution < -0.4 is 5.32 Å². The average molecular weight is 366 g/mol. The first-order chi connectivity index (χ1) is 13.0. The molecule has 5 nitrogen and oxygen atoms in total. The molecule has 27 heavy (non-hydrogen) atoms. The highest BCUT2D eigenvalue weighted by Crippen LogP contribution is 2.29. The van der Waals surface area contributed by atoms with Crippen LogP contribution in [-0.2, 0) is 4.79 Å². The molecule has 2 N–H and O–H groups in total. The van der Waals surface area contributed by atoms with Crippen molar-refractivity contribution in [2.24, 2.45) is 0 Å². The summed E-state index contributed by atoms with van der Waals surface area (Å²) >= 11 is 0. The minimum Gasteiger partial charge on any atom is -0.396 e. The molecule has 0 aliphatic carbocycles. The molecule has 1 aliphatic heterocycles. The molecule has 0 aromatic heterocycles. The molecule has 1 fully saturated rings. The Morgan fingerprint density at radius 1 is 1.19 bits per heavy atom. The molecule has 2 amide bonds. The van der Waals surface area contributed by atoms with Crippen LogP contribution in [0.4, 0.5) is 0 Å². The van der Waals surface area contributed by atoms with E-state index in [-0.39, 0.29) is 24.8 Å². The summed E-state index contributed by atoms with van der Waals surface area (Å²) in [5, 5.41) is 12.0. The normalized spacial score (nSPS) is 17.1. The molecule has 1 saturated heterocycles. The maximum Gasteiger partial charge on any atom is 0.254 e. The number of nitrogens with zero attached hydrogens (tertiary/aromatic N) is 1. The quantitative estimate of drug-likeness (QED) is 0.855. The van der Waals surface area contributed by atoms with Crippen LogP contribution >= 0.6 is 0 Å². The highest BCUT2D eigenvalue weighted by atomic mass is 16.3. The number of amides is 2. The number of hydrogen-bond acceptors (Lipinski definition) is 3. The minimum atomic E-state index is -0.613. The molecule has 1 atom stereocenters. The van der Waals surface area contributed by atoms with E-state index in [0.717, 1.165) is 5.56 Å². The molecule has 1 heterocycles. The number of aliphatic hydroxyl groups excluding tert-OH is 1. The van der Waals surface area contributed by atoms with Gasteiger partial charge in [-0.05, 0) is 41.2 Å². The van der Waals surface area contributed by atoms with Gasteiger partial charge in [0.25, 0.3) is 5.91 Å². The molecule has 0 bridgehead atoms. The second-order valence-electron chi connectivity index (χ2n) is 7.14. The minimum absolute atomic E-state index is 0.132. The maximum atomic E-state index is 12.9. The molecule has 2 aromatic carbocycles. The Hall–Kier alpha value is -2.66. The van der Waals surface area contributed by atoms with Crippen molar-refractivity contribution < 1.29 is 14.7 Å². The smallest absolute Gasteiger partial charge is 0.254 e.